The van der Waals surface area contributed by atoms with Gasteiger partial charge in [-0.1, -0.05) is 19.9 Å². The minimum absolute atomic E-state index is 0.0141. The number of anilines is 2. The number of hydrogen-bond donors (Lipinski definition) is 1. The Hall–Kier alpha value is -2.45. The van der Waals surface area contributed by atoms with E-state index < -0.39 is 29.6 Å². The van der Waals surface area contributed by atoms with Gasteiger partial charge < -0.3 is 15.0 Å². The predicted octanol–water partition coefficient (Wildman–Crippen LogP) is 4.39. The van der Waals surface area contributed by atoms with E-state index in [2.05, 4.69) is 5.32 Å². The van der Waals surface area contributed by atoms with Crippen LogP contribution in [0.25, 0.3) is 0 Å². The molecule has 28 heavy (non-hydrogen) atoms. The van der Waals surface area contributed by atoms with Gasteiger partial charge in [-0.3, -0.25) is 4.90 Å². The lowest BCUT2D eigenvalue weighted by molar-refractivity contribution is -0.214. The number of benzene rings is 1. The number of nitrogens with one attached hydrogen (secondary N) is 1. The molecule has 6 nitrogen and oxygen atoms in total. The minimum Gasteiger partial charge on any atom is -0.447 e. The van der Waals surface area contributed by atoms with Crippen LogP contribution in [0.1, 0.15) is 25.8 Å². The smallest absolute Gasteiger partial charge is 0.414 e. The fourth-order valence-electron chi connectivity index (χ4n) is 3.87. The maximum absolute atomic E-state index is 13.2. The second-order valence-corrected chi connectivity index (χ2v) is 7.99. The molecule has 0 bridgehead atoms. The van der Waals surface area contributed by atoms with E-state index in [0.29, 0.717) is 24.5 Å². The van der Waals surface area contributed by atoms with Crippen LogP contribution in [0.4, 0.5) is 34.1 Å². The summed E-state index contributed by atoms with van der Waals surface area (Å²) in [5.74, 6) is -1.43. The molecule has 0 saturated carbocycles. The summed E-state index contributed by atoms with van der Waals surface area (Å²) < 4.78 is 44.6. The zero-order valence-corrected chi connectivity index (χ0v) is 16.1. The van der Waals surface area contributed by atoms with Crippen LogP contribution in [0, 0.1) is 18.3 Å². The van der Waals surface area contributed by atoms with Crippen molar-refractivity contribution in [3.63, 3.8) is 0 Å². The molecule has 2 saturated heterocycles. The Kier molecular flexibility index (Phi) is 5.20. The molecular formula is C19H24F3N3O3. The standard InChI is InChI=1S/C19H24F3N3O3/c1-12-4-5-13(25-8-9-28-17(25)27)10-14(12)23-16(26)24-7-6-15(19(20,21)22)18(2,3)11-24/h4-5,10,15H,6-9,11H2,1-3H3,(H,23,26). The summed E-state index contributed by atoms with van der Waals surface area (Å²) in [6.07, 6.45) is -4.85. The van der Waals surface area contributed by atoms with Crippen molar-refractivity contribution >= 4 is 23.5 Å². The van der Waals surface area contributed by atoms with E-state index in [4.69, 9.17) is 4.74 Å². The van der Waals surface area contributed by atoms with Crippen LogP contribution in [0.3, 0.4) is 0 Å². The van der Waals surface area contributed by atoms with Crippen molar-refractivity contribution in [2.24, 2.45) is 11.3 Å². The third kappa shape index (κ3) is 4.02. The molecule has 0 radical (unpaired) electrons. The number of carbonyl (C=O) groups is 2. The minimum atomic E-state index is -4.28. The largest absolute Gasteiger partial charge is 0.447 e. The number of hydrogen-bond acceptors (Lipinski definition) is 3. The fraction of sp³-hybridized carbons (Fsp3) is 0.579. The highest BCUT2D eigenvalue weighted by Gasteiger charge is 2.51. The van der Waals surface area contributed by atoms with Gasteiger partial charge in [0.05, 0.1) is 12.5 Å². The molecule has 2 heterocycles. The molecule has 1 atom stereocenters. The summed E-state index contributed by atoms with van der Waals surface area (Å²) in [5, 5.41) is 2.78. The van der Waals surface area contributed by atoms with Gasteiger partial charge in [-0.25, -0.2) is 9.59 Å². The first kappa shape index (κ1) is 20.3. The number of piperidine rings is 1. The Morgan fingerprint density at radius 2 is 2.00 bits per heavy atom. The van der Waals surface area contributed by atoms with Crippen molar-refractivity contribution < 1.29 is 27.5 Å². The van der Waals surface area contributed by atoms with Gasteiger partial charge in [0.15, 0.2) is 0 Å². The van der Waals surface area contributed by atoms with Crippen molar-refractivity contribution in [3.8, 4) is 0 Å². The number of nitrogens with zero attached hydrogens (tertiary/aromatic N) is 2. The lowest BCUT2D eigenvalue weighted by atomic mass is 9.73. The van der Waals surface area contributed by atoms with Gasteiger partial charge in [-0.05, 0) is 36.5 Å². The van der Waals surface area contributed by atoms with Crippen molar-refractivity contribution in [3.05, 3.63) is 23.8 Å². The van der Waals surface area contributed by atoms with Crippen LogP contribution in [0.2, 0.25) is 0 Å². The molecule has 0 spiro atoms. The normalized spacial score (nSPS) is 22.2. The maximum atomic E-state index is 13.2. The molecule has 2 aliphatic rings. The van der Waals surface area contributed by atoms with Gasteiger partial charge >= 0.3 is 18.3 Å². The monoisotopic (exact) mass is 399 g/mol. The number of carbonyl (C=O) groups excluding carboxylic acids is 2. The number of aryl methyl sites for hydroxylation is 1. The first-order valence-corrected chi connectivity index (χ1v) is 9.16. The number of cyclic esters (lactones) is 1. The second kappa shape index (κ2) is 7.18. The molecule has 0 aromatic heterocycles. The van der Waals surface area contributed by atoms with Gasteiger partial charge in [0.1, 0.15) is 6.61 Å². The van der Waals surface area contributed by atoms with Crippen LogP contribution in [-0.4, -0.2) is 49.4 Å². The highest BCUT2D eigenvalue weighted by Crippen LogP contribution is 2.45. The Morgan fingerprint density at radius 1 is 1.29 bits per heavy atom. The summed E-state index contributed by atoms with van der Waals surface area (Å²) in [4.78, 5) is 27.3. The molecule has 0 aliphatic carbocycles. The number of alkyl halides is 3. The van der Waals surface area contributed by atoms with Gasteiger partial charge in [0.2, 0.25) is 0 Å². The van der Waals surface area contributed by atoms with Gasteiger partial charge in [-0.2, -0.15) is 13.2 Å². The zero-order valence-electron chi connectivity index (χ0n) is 16.1. The van der Waals surface area contributed by atoms with E-state index >= 15 is 0 Å². The molecule has 2 fully saturated rings. The molecule has 3 rings (SSSR count). The van der Waals surface area contributed by atoms with E-state index in [1.165, 1.54) is 23.6 Å². The van der Waals surface area contributed by atoms with Gasteiger partial charge in [0, 0.05) is 24.5 Å². The lowest BCUT2D eigenvalue weighted by Gasteiger charge is -2.44. The predicted molar refractivity (Wildman–Crippen MR) is 98.4 cm³/mol. The fourth-order valence-corrected chi connectivity index (χ4v) is 3.87. The first-order valence-electron chi connectivity index (χ1n) is 9.16. The number of rotatable bonds is 2. The summed E-state index contributed by atoms with van der Waals surface area (Å²) in [6.45, 7) is 5.66. The summed E-state index contributed by atoms with van der Waals surface area (Å²) in [7, 11) is 0. The van der Waals surface area contributed by atoms with Crippen molar-refractivity contribution in [1.82, 2.24) is 4.90 Å². The molecule has 1 aromatic rings. The Bertz CT molecular complexity index is 779. The number of likely N-dealkylation sites (tertiary alicyclic amines) is 1. The highest BCUT2D eigenvalue weighted by atomic mass is 19.4. The molecule has 2 aliphatic heterocycles. The summed E-state index contributed by atoms with van der Waals surface area (Å²) in [5.41, 5.74) is 0.830. The topological polar surface area (TPSA) is 61.9 Å². The molecule has 9 heteroatoms. The molecular weight excluding hydrogens is 375 g/mol. The third-order valence-electron chi connectivity index (χ3n) is 5.45. The van der Waals surface area contributed by atoms with E-state index in [1.807, 2.05) is 6.92 Å². The van der Waals surface area contributed by atoms with Crippen LogP contribution in [0.5, 0.6) is 0 Å². The number of urea groups is 1. The zero-order chi connectivity index (χ0) is 20.7. The molecule has 1 unspecified atom stereocenters. The molecule has 154 valence electrons. The van der Waals surface area contributed by atoms with E-state index in [-0.39, 0.29) is 19.5 Å². The number of ether oxygens (including phenoxy) is 1. The van der Waals surface area contributed by atoms with Crippen LogP contribution < -0.4 is 10.2 Å². The lowest BCUT2D eigenvalue weighted by Crippen LogP contribution is -2.53. The Morgan fingerprint density at radius 3 is 2.57 bits per heavy atom. The molecule has 1 aromatic carbocycles. The Labute approximate surface area is 161 Å². The van der Waals surface area contributed by atoms with Crippen molar-refractivity contribution in [2.45, 2.75) is 33.4 Å². The van der Waals surface area contributed by atoms with Crippen molar-refractivity contribution in [1.29, 1.82) is 0 Å². The van der Waals surface area contributed by atoms with Crippen LogP contribution in [0.15, 0.2) is 18.2 Å². The molecule has 3 amide bonds. The highest BCUT2D eigenvalue weighted by molar-refractivity contribution is 5.93. The van der Waals surface area contributed by atoms with E-state index in [0.717, 1.165) is 5.56 Å². The van der Waals surface area contributed by atoms with Crippen LogP contribution in [-0.2, 0) is 4.74 Å². The number of amides is 3. The van der Waals surface area contributed by atoms with Crippen LogP contribution >= 0.6 is 0 Å². The van der Waals surface area contributed by atoms with E-state index in [1.54, 1.807) is 18.2 Å². The quantitative estimate of drug-likeness (QED) is 0.802. The maximum Gasteiger partial charge on any atom is 0.414 e. The average Bonchev–Trinajstić information content (AvgIpc) is 3.00. The first-order chi connectivity index (χ1) is 13.0. The number of halogens is 3. The SMILES string of the molecule is Cc1ccc(N2CCOC2=O)cc1NC(=O)N1CCC(C(F)(F)F)C(C)(C)C1. The summed E-state index contributed by atoms with van der Waals surface area (Å²) in [6, 6.07) is 4.76. The Balaban J connectivity index is 1.72. The van der Waals surface area contributed by atoms with Gasteiger partial charge in [-0.15, -0.1) is 0 Å². The second-order valence-electron chi connectivity index (χ2n) is 7.99. The average molecular weight is 399 g/mol. The third-order valence-corrected chi connectivity index (χ3v) is 5.45. The van der Waals surface area contributed by atoms with E-state index in [9.17, 15) is 22.8 Å². The van der Waals surface area contributed by atoms with Crippen molar-refractivity contribution in [2.75, 3.05) is 36.5 Å². The molecule has 1 N–H and O–H groups in total. The van der Waals surface area contributed by atoms with Gasteiger partial charge in [0.25, 0.3) is 0 Å². The summed E-state index contributed by atoms with van der Waals surface area (Å²) >= 11 is 0.